The maximum absolute atomic E-state index is 12.8. The first-order valence-electron chi connectivity index (χ1n) is 32.3. The van der Waals surface area contributed by atoms with Crippen LogP contribution in [0.2, 0.25) is 0 Å². The van der Waals surface area contributed by atoms with E-state index in [2.05, 4.69) is 98.9 Å². The van der Waals surface area contributed by atoms with Gasteiger partial charge in [0.2, 0.25) is 0 Å². The van der Waals surface area contributed by atoms with Gasteiger partial charge in [-0.3, -0.25) is 14.2 Å². The minimum Gasteiger partial charge on any atom is -0.756 e. The van der Waals surface area contributed by atoms with Gasteiger partial charge in [0.25, 0.3) is 7.82 Å². The van der Waals surface area contributed by atoms with E-state index in [-0.39, 0.29) is 26.1 Å². The van der Waals surface area contributed by atoms with Crippen molar-refractivity contribution in [1.82, 2.24) is 0 Å². The summed E-state index contributed by atoms with van der Waals surface area (Å²) in [7, 11) is 1.16. The molecule has 0 saturated carbocycles. The Labute approximate surface area is 481 Å². The quantitative estimate of drug-likeness (QED) is 0.0195. The number of hydrogen-bond acceptors (Lipinski definition) is 8. The first kappa shape index (κ1) is 75.2. The number of carbonyl (C=O) groups is 2. The van der Waals surface area contributed by atoms with Crippen LogP contribution in [0.5, 0.6) is 0 Å². The summed E-state index contributed by atoms with van der Waals surface area (Å²) in [5.74, 6) is -0.837. The topological polar surface area (TPSA) is 111 Å². The summed E-state index contributed by atoms with van der Waals surface area (Å²) in [6, 6.07) is 0. The van der Waals surface area contributed by atoms with Crippen LogP contribution < -0.4 is 4.89 Å². The zero-order chi connectivity index (χ0) is 57.0. The Bertz CT molecular complexity index is 1590. The molecule has 0 spiro atoms. The minimum atomic E-state index is -4.64. The van der Waals surface area contributed by atoms with Gasteiger partial charge in [-0.1, -0.05) is 272 Å². The van der Waals surface area contributed by atoms with Crippen molar-refractivity contribution >= 4 is 19.8 Å². The Morgan fingerprint density at radius 1 is 0.397 bits per heavy atom. The van der Waals surface area contributed by atoms with Gasteiger partial charge in [0.15, 0.2) is 6.10 Å². The number of rotatable bonds is 59. The normalized spacial score (nSPS) is 13.8. The van der Waals surface area contributed by atoms with Crippen LogP contribution in [-0.4, -0.2) is 70.0 Å². The third kappa shape index (κ3) is 62.4. The van der Waals surface area contributed by atoms with E-state index >= 15 is 0 Å². The average molecular weight is 1110 g/mol. The molecule has 0 N–H and O–H groups in total. The number of unbranched alkanes of at least 4 members (excludes halogenated alkanes) is 31. The summed E-state index contributed by atoms with van der Waals surface area (Å²) in [6.07, 6.45) is 79.5. The largest absolute Gasteiger partial charge is 0.756 e. The number of ether oxygens (including phenoxy) is 2. The molecule has 0 aliphatic rings. The second-order valence-electron chi connectivity index (χ2n) is 22.7. The average Bonchev–Trinajstić information content (AvgIpc) is 3.41. The number of quaternary nitrogens is 1. The van der Waals surface area contributed by atoms with E-state index in [9.17, 15) is 19.0 Å². The van der Waals surface area contributed by atoms with Crippen LogP contribution in [0.25, 0.3) is 0 Å². The van der Waals surface area contributed by atoms with Crippen molar-refractivity contribution in [2.45, 2.75) is 290 Å². The van der Waals surface area contributed by atoms with E-state index in [1.807, 2.05) is 21.1 Å². The van der Waals surface area contributed by atoms with Crippen LogP contribution in [0.15, 0.2) is 85.1 Å². The lowest BCUT2D eigenvalue weighted by molar-refractivity contribution is -0.870. The lowest BCUT2D eigenvalue weighted by Gasteiger charge is -2.28. The van der Waals surface area contributed by atoms with Gasteiger partial charge in [0, 0.05) is 12.8 Å². The van der Waals surface area contributed by atoms with Crippen molar-refractivity contribution in [2.75, 3.05) is 47.5 Å². The smallest absolute Gasteiger partial charge is 0.306 e. The molecule has 78 heavy (non-hydrogen) atoms. The fourth-order valence-electron chi connectivity index (χ4n) is 9.02. The minimum absolute atomic E-state index is 0.0337. The van der Waals surface area contributed by atoms with Gasteiger partial charge >= 0.3 is 11.9 Å². The summed E-state index contributed by atoms with van der Waals surface area (Å²) in [6.45, 7) is 4.03. The fourth-order valence-corrected chi connectivity index (χ4v) is 9.75. The van der Waals surface area contributed by atoms with Gasteiger partial charge < -0.3 is 27.9 Å². The zero-order valence-corrected chi connectivity index (χ0v) is 52.2. The molecule has 0 aliphatic heterocycles. The number of esters is 2. The van der Waals surface area contributed by atoms with Crippen molar-refractivity contribution in [1.29, 1.82) is 0 Å². The standard InChI is InChI=1S/C68H122NO8P/c1-6-8-10-12-14-16-18-20-22-24-25-26-27-28-29-30-31-32-33-34-35-36-37-38-39-40-41-42-43-45-47-49-51-53-55-57-59-61-68(71)77-66(65-76-78(72,73)75-63-62-69(3,4)5)64-74-67(70)60-58-56-54-52-50-48-46-44-23-21-19-17-15-13-11-9-7-2/h8-11,14-17,20-23,25-26,66H,6-7,12-13,18-19,24,27-65H2,1-5H3/b10-8-,11-9-,16-14-,17-15-,22-20-,23-21-,26-25-. The second kappa shape index (κ2) is 58.8. The molecule has 0 aromatic heterocycles. The third-order valence-electron chi connectivity index (χ3n) is 13.9. The van der Waals surface area contributed by atoms with E-state index < -0.39 is 32.5 Å². The summed E-state index contributed by atoms with van der Waals surface area (Å²) in [5, 5.41) is 0. The van der Waals surface area contributed by atoms with Gasteiger partial charge in [0.05, 0.1) is 27.7 Å². The van der Waals surface area contributed by atoms with Crippen LogP contribution in [0, 0.1) is 0 Å². The second-order valence-corrected chi connectivity index (χ2v) is 24.1. The van der Waals surface area contributed by atoms with E-state index in [0.29, 0.717) is 17.4 Å². The van der Waals surface area contributed by atoms with Gasteiger partial charge in [-0.15, -0.1) is 0 Å². The molecule has 2 atom stereocenters. The van der Waals surface area contributed by atoms with Gasteiger partial charge in [-0.25, -0.2) is 0 Å². The number of phosphoric ester groups is 1. The number of hydrogen-bond donors (Lipinski definition) is 0. The highest BCUT2D eigenvalue weighted by atomic mass is 31.2. The summed E-state index contributed by atoms with van der Waals surface area (Å²) < 4.78 is 34.2. The van der Waals surface area contributed by atoms with Crippen molar-refractivity contribution < 1.29 is 42.1 Å². The molecule has 0 heterocycles. The van der Waals surface area contributed by atoms with E-state index in [4.69, 9.17) is 18.5 Å². The molecule has 452 valence electrons. The monoisotopic (exact) mass is 1110 g/mol. The molecule has 0 saturated heterocycles. The van der Waals surface area contributed by atoms with Crippen LogP contribution in [0.1, 0.15) is 284 Å². The molecule has 9 nitrogen and oxygen atoms in total. The number of likely N-dealkylation sites (N-methyl/N-ethyl adjacent to an activating group) is 1. The van der Waals surface area contributed by atoms with Crippen molar-refractivity contribution in [3.05, 3.63) is 85.1 Å². The molecular formula is C68H122NO8P. The molecule has 2 unspecified atom stereocenters. The molecule has 0 fully saturated rings. The molecular weight excluding hydrogens is 990 g/mol. The van der Waals surface area contributed by atoms with Crippen LogP contribution in [0.3, 0.4) is 0 Å². The van der Waals surface area contributed by atoms with Gasteiger partial charge in [-0.2, -0.15) is 0 Å². The van der Waals surface area contributed by atoms with Crippen LogP contribution in [-0.2, 0) is 32.7 Å². The summed E-state index contributed by atoms with van der Waals surface area (Å²) in [5.41, 5.74) is 0. The first-order valence-corrected chi connectivity index (χ1v) is 33.8. The van der Waals surface area contributed by atoms with Crippen molar-refractivity contribution in [3.63, 3.8) is 0 Å². The fraction of sp³-hybridized carbons (Fsp3) is 0.765. The maximum atomic E-state index is 12.8. The number of nitrogens with zero attached hydrogens (tertiary/aromatic N) is 1. The number of carbonyl (C=O) groups excluding carboxylic acids is 2. The molecule has 10 heteroatoms. The Hall–Kier alpha value is -2.81. The number of phosphoric acid groups is 1. The Kier molecular flexibility index (Phi) is 56.7. The molecule has 0 bridgehead atoms. The molecule has 0 amide bonds. The van der Waals surface area contributed by atoms with Gasteiger partial charge in [0.1, 0.15) is 19.8 Å². The molecule has 0 rings (SSSR count). The van der Waals surface area contributed by atoms with Crippen molar-refractivity contribution in [2.24, 2.45) is 0 Å². The maximum Gasteiger partial charge on any atom is 0.306 e. The van der Waals surface area contributed by atoms with E-state index in [1.165, 1.54) is 154 Å². The highest BCUT2D eigenvalue weighted by molar-refractivity contribution is 7.45. The predicted molar refractivity (Wildman–Crippen MR) is 332 cm³/mol. The molecule has 0 aliphatic carbocycles. The SMILES string of the molecule is CC/C=C\C/C=C\C/C=C\C/C=C\CCCCCCCCCCCCCCCCCCCCCCCCCCC(=O)OC(COC(=O)CCCCCCCCC/C=C\C/C=C\C/C=C\CC)COP(=O)([O-])OCC[N+](C)(C)C. The van der Waals surface area contributed by atoms with Crippen LogP contribution in [0.4, 0.5) is 0 Å². The highest BCUT2D eigenvalue weighted by Gasteiger charge is 2.22. The van der Waals surface area contributed by atoms with Crippen molar-refractivity contribution in [3.8, 4) is 0 Å². The Balaban J connectivity index is 3.96. The lowest BCUT2D eigenvalue weighted by atomic mass is 10.0. The number of allylic oxidation sites excluding steroid dienone is 14. The molecule has 0 aromatic rings. The predicted octanol–water partition coefficient (Wildman–Crippen LogP) is 20.0. The van der Waals surface area contributed by atoms with Crippen LogP contribution >= 0.6 is 7.82 Å². The van der Waals surface area contributed by atoms with Gasteiger partial charge in [-0.05, 0) is 83.5 Å². The molecule has 0 radical (unpaired) electrons. The van der Waals surface area contributed by atoms with E-state index in [1.54, 1.807) is 0 Å². The zero-order valence-electron chi connectivity index (χ0n) is 51.3. The lowest BCUT2D eigenvalue weighted by Crippen LogP contribution is -2.37. The third-order valence-corrected chi connectivity index (χ3v) is 14.9. The molecule has 0 aromatic carbocycles. The Morgan fingerprint density at radius 2 is 0.692 bits per heavy atom. The summed E-state index contributed by atoms with van der Waals surface area (Å²) in [4.78, 5) is 37.9. The Morgan fingerprint density at radius 3 is 1.03 bits per heavy atom. The first-order chi connectivity index (χ1) is 38.0. The van der Waals surface area contributed by atoms with E-state index in [0.717, 1.165) is 96.3 Å². The summed E-state index contributed by atoms with van der Waals surface area (Å²) >= 11 is 0. The highest BCUT2D eigenvalue weighted by Crippen LogP contribution is 2.38.